The number of aromatic amines is 1. The molecule has 3 aromatic rings. The van der Waals surface area contributed by atoms with Gasteiger partial charge < -0.3 is 14.8 Å². The molecule has 0 aliphatic rings. The van der Waals surface area contributed by atoms with Crippen LogP contribution in [0.4, 0.5) is 5.69 Å². The van der Waals surface area contributed by atoms with Crippen LogP contribution < -0.4 is 10.1 Å². The average Bonchev–Trinajstić information content (AvgIpc) is 3.29. The number of H-pyrrole nitrogens is 1. The van der Waals surface area contributed by atoms with E-state index in [-0.39, 0.29) is 5.91 Å². The molecule has 25 heavy (non-hydrogen) atoms. The minimum Gasteiger partial charge on any atom is -0.497 e. The molecule has 3 rings (SSSR count). The van der Waals surface area contributed by atoms with Crippen LogP contribution in [0.3, 0.4) is 0 Å². The zero-order valence-corrected chi connectivity index (χ0v) is 14.0. The molecule has 0 bridgehead atoms. The van der Waals surface area contributed by atoms with E-state index < -0.39 is 0 Å². The smallest absolute Gasteiger partial charge is 0.273 e. The maximum absolute atomic E-state index is 12.3. The predicted molar refractivity (Wildman–Crippen MR) is 92.4 cm³/mol. The molecule has 1 amide bonds. The van der Waals surface area contributed by atoms with Crippen molar-refractivity contribution in [2.45, 2.75) is 13.7 Å². The summed E-state index contributed by atoms with van der Waals surface area (Å²) in [5.74, 6) is 0.476. The van der Waals surface area contributed by atoms with E-state index in [9.17, 15) is 4.79 Å². The molecule has 0 aliphatic carbocycles. The molecule has 0 fully saturated rings. The maximum atomic E-state index is 12.3. The molecule has 2 aromatic heterocycles. The summed E-state index contributed by atoms with van der Waals surface area (Å²) in [5, 5.41) is 13.8. The molecule has 8 nitrogen and oxygen atoms in total. The molecule has 2 heterocycles. The molecule has 0 radical (unpaired) electrons. The van der Waals surface area contributed by atoms with E-state index in [0.29, 0.717) is 30.4 Å². The van der Waals surface area contributed by atoms with Crippen LogP contribution in [0.15, 0.2) is 42.7 Å². The van der Waals surface area contributed by atoms with Crippen molar-refractivity contribution >= 4 is 11.6 Å². The van der Waals surface area contributed by atoms with Crippen molar-refractivity contribution in [3.63, 3.8) is 0 Å². The topological polar surface area (TPSA) is 94.1 Å². The van der Waals surface area contributed by atoms with Gasteiger partial charge in [0.05, 0.1) is 30.9 Å². The Balaban J connectivity index is 1.66. The summed E-state index contributed by atoms with van der Waals surface area (Å²) < 4.78 is 12.0. The van der Waals surface area contributed by atoms with Gasteiger partial charge >= 0.3 is 0 Å². The second-order valence-electron chi connectivity index (χ2n) is 5.24. The van der Waals surface area contributed by atoms with Crippen molar-refractivity contribution in [3.05, 3.63) is 48.4 Å². The minimum absolute atomic E-state index is 0.289. The third kappa shape index (κ3) is 4.04. The first-order valence-electron chi connectivity index (χ1n) is 7.81. The normalized spacial score (nSPS) is 10.6. The monoisotopic (exact) mass is 341 g/mol. The fraction of sp³-hybridized carbons (Fsp3) is 0.235. The lowest BCUT2D eigenvalue weighted by molar-refractivity contribution is 0.0792. The van der Waals surface area contributed by atoms with Gasteiger partial charge in [-0.2, -0.15) is 10.2 Å². The number of carbonyl (C=O) groups excluding carboxylic acids is 1. The number of hydrogen-bond acceptors (Lipinski definition) is 5. The lowest BCUT2D eigenvalue weighted by atomic mass is 10.1. The highest BCUT2D eigenvalue weighted by Crippen LogP contribution is 2.21. The highest BCUT2D eigenvalue weighted by Gasteiger charge is 2.12. The highest BCUT2D eigenvalue weighted by atomic mass is 16.5. The van der Waals surface area contributed by atoms with Crippen molar-refractivity contribution in [2.75, 3.05) is 19.0 Å². The quantitative estimate of drug-likeness (QED) is 0.689. The number of hydrogen-bond donors (Lipinski definition) is 2. The molecular weight excluding hydrogens is 322 g/mol. The van der Waals surface area contributed by atoms with E-state index in [1.165, 1.54) is 0 Å². The van der Waals surface area contributed by atoms with Gasteiger partial charge in [0.15, 0.2) is 0 Å². The van der Waals surface area contributed by atoms with E-state index >= 15 is 0 Å². The van der Waals surface area contributed by atoms with Crippen LogP contribution in [0, 0.1) is 0 Å². The average molecular weight is 341 g/mol. The Labute approximate surface area is 144 Å². The molecule has 0 unspecified atom stereocenters. The molecule has 1 aromatic carbocycles. The van der Waals surface area contributed by atoms with E-state index in [0.717, 1.165) is 11.3 Å². The number of benzene rings is 1. The van der Waals surface area contributed by atoms with Crippen LogP contribution in [-0.2, 0) is 11.5 Å². The summed E-state index contributed by atoms with van der Waals surface area (Å²) in [4.78, 5) is 12.3. The Morgan fingerprint density at radius 3 is 2.84 bits per heavy atom. The lowest BCUT2D eigenvalue weighted by Crippen LogP contribution is -2.12. The Kier molecular flexibility index (Phi) is 5.10. The van der Waals surface area contributed by atoms with Crippen LogP contribution in [0.25, 0.3) is 11.3 Å². The van der Waals surface area contributed by atoms with Crippen molar-refractivity contribution in [1.82, 2.24) is 20.0 Å². The van der Waals surface area contributed by atoms with Crippen molar-refractivity contribution in [1.29, 1.82) is 0 Å². The van der Waals surface area contributed by atoms with E-state index in [4.69, 9.17) is 9.47 Å². The Morgan fingerprint density at radius 2 is 2.12 bits per heavy atom. The number of nitrogens with zero attached hydrogens (tertiary/aromatic N) is 3. The molecule has 0 aliphatic heterocycles. The third-order valence-corrected chi connectivity index (χ3v) is 3.53. The summed E-state index contributed by atoms with van der Waals surface area (Å²) in [6.07, 6.45) is 3.27. The second kappa shape index (κ2) is 7.63. The molecule has 0 spiro atoms. The minimum atomic E-state index is -0.289. The van der Waals surface area contributed by atoms with Gasteiger partial charge in [0, 0.05) is 12.2 Å². The van der Waals surface area contributed by atoms with Crippen LogP contribution in [0.5, 0.6) is 5.75 Å². The number of ether oxygens (including phenoxy) is 2. The molecule has 0 saturated heterocycles. The Hall–Kier alpha value is -3.13. The number of nitrogens with one attached hydrogen (secondary N) is 2. The number of carbonyl (C=O) groups is 1. The zero-order valence-electron chi connectivity index (χ0n) is 14.0. The van der Waals surface area contributed by atoms with E-state index in [1.54, 1.807) is 30.3 Å². The Bertz CT molecular complexity index is 838. The van der Waals surface area contributed by atoms with Gasteiger partial charge in [0.2, 0.25) is 0 Å². The molecular formula is C17H19N5O3. The highest BCUT2D eigenvalue weighted by molar-refractivity contribution is 6.03. The van der Waals surface area contributed by atoms with E-state index in [1.807, 2.05) is 31.2 Å². The van der Waals surface area contributed by atoms with Crippen LogP contribution in [0.1, 0.15) is 17.4 Å². The maximum Gasteiger partial charge on any atom is 0.273 e. The Morgan fingerprint density at radius 1 is 1.32 bits per heavy atom. The summed E-state index contributed by atoms with van der Waals surface area (Å²) in [6, 6.07) is 9.15. The van der Waals surface area contributed by atoms with Gasteiger partial charge in [0.1, 0.15) is 18.2 Å². The van der Waals surface area contributed by atoms with Crippen LogP contribution in [-0.4, -0.2) is 39.6 Å². The summed E-state index contributed by atoms with van der Waals surface area (Å²) in [6.45, 7) is 2.85. The molecule has 2 N–H and O–H groups in total. The first-order valence-corrected chi connectivity index (χ1v) is 7.81. The van der Waals surface area contributed by atoms with Crippen LogP contribution in [0.2, 0.25) is 0 Å². The number of rotatable bonds is 7. The SMILES string of the molecule is CCOCn1cc(NC(=O)c2cc(-c3ccc(OC)cc3)n[nH]2)cn1. The molecule has 0 atom stereocenters. The number of aromatic nitrogens is 4. The van der Waals surface area contributed by atoms with Crippen molar-refractivity contribution < 1.29 is 14.3 Å². The summed E-state index contributed by atoms with van der Waals surface area (Å²) in [5.41, 5.74) is 2.52. The van der Waals surface area contributed by atoms with Gasteiger partial charge in [-0.3, -0.25) is 9.89 Å². The first kappa shape index (κ1) is 16.7. The summed E-state index contributed by atoms with van der Waals surface area (Å²) >= 11 is 0. The van der Waals surface area contributed by atoms with Gasteiger partial charge in [-0.1, -0.05) is 0 Å². The van der Waals surface area contributed by atoms with Crippen LogP contribution >= 0.6 is 0 Å². The van der Waals surface area contributed by atoms with E-state index in [2.05, 4.69) is 20.6 Å². The third-order valence-electron chi connectivity index (χ3n) is 3.53. The number of anilines is 1. The van der Waals surface area contributed by atoms with Gasteiger partial charge in [0.25, 0.3) is 5.91 Å². The predicted octanol–water partition coefficient (Wildman–Crippen LogP) is 2.53. The molecule has 130 valence electrons. The second-order valence-corrected chi connectivity index (χ2v) is 5.24. The van der Waals surface area contributed by atoms with Gasteiger partial charge in [-0.15, -0.1) is 0 Å². The van der Waals surface area contributed by atoms with Gasteiger partial charge in [-0.05, 0) is 37.3 Å². The summed E-state index contributed by atoms with van der Waals surface area (Å²) in [7, 11) is 1.61. The fourth-order valence-electron chi connectivity index (χ4n) is 2.23. The zero-order chi connectivity index (χ0) is 17.6. The standard InChI is InChI=1S/C17H19N5O3/c1-3-25-11-22-10-13(9-18-22)19-17(23)16-8-15(20-21-16)12-4-6-14(24-2)7-5-12/h4-10H,3,11H2,1-2H3,(H,19,23)(H,20,21). The molecule has 0 saturated carbocycles. The number of amides is 1. The van der Waals surface area contributed by atoms with Gasteiger partial charge in [-0.25, -0.2) is 4.68 Å². The largest absolute Gasteiger partial charge is 0.497 e. The van der Waals surface area contributed by atoms with Crippen molar-refractivity contribution in [2.24, 2.45) is 0 Å². The molecule has 8 heteroatoms. The van der Waals surface area contributed by atoms with Crippen molar-refractivity contribution in [3.8, 4) is 17.0 Å². The fourth-order valence-corrected chi connectivity index (χ4v) is 2.23. The first-order chi connectivity index (χ1) is 12.2. The lowest BCUT2D eigenvalue weighted by Gasteiger charge is -2.01. The number of methoxy groups -OCH3 is 1.